The van der Waals surface area contributed by atoms with E-state index in [1.807, 2.05) is 11.4 Å². The van der Waals surface area contributed by atoms with Gasteiger partial charge < -0.3 is 25.8 Å². The maximum Gasteiger partial charge on any atom is 0.313 e. The SMILES string of the molecule is C[C@H](NC(=O)C(=O)Nc1cccc2c1CCCC2)C(=O)N[C@@H](CC(=O)O)C(=O)COc1c(F)c(F)cc(F)c1F. The van der Waals surface area contributed by atoms with E-state index in [9.17, 15) is 41.5 Å². The number of hydrogen-bond acceptors (Lipinski definition) is 6. The van der Waals surface area contributed by atoms with Gasteiger partial charge in [-0.1, -0.05) is 12.1 Å². The number of ether oxygens (including phenoxy) is 1. The molecule has 10 nitrogen and oxygen atoms in total. The van der Waals surface area contributed by atoms with E-state index in [4.69, 9.17) is 5.11 Å². The average Bonchev–Trinajstić information content (AvgIpc) is 2.91. The molecule has 0 spiro atoms. The van der Waals surface area contributed by atoms with Gasteiger partial charge in [0, 0.05) is 11.8 Å². The summed E-state index contributed by atoms with van der Waals surface area (Å²) in [6.07, 6.45) is 2.49. The molecule has 1 aliphatic rings. The number of Topliss-reactive ketones (excluding diaryl/α,β-unsaturated/α-hetero) is 1. The minimum Gasteiger partial charge on any atom is -0.481 e. The Kier molecular flexibility index (Phi) is 9.80. The zero-order valence-corrected chi connectivity index (χ0v) is 21.1. The normalized spacial score (nSPS) is 13.8. The minimum absolute atomic E-state index is 0.0730. The van der Waals surface area contributed by atoms with Gasteiger partial charge in [0.2, 0.25) is 17.5 Å². The van der Waals surface area contributed by atoms with Gasteiger partial charge in [-0.3, -0.25) is 24.0 Å². The van der Waals surface area contributed by atoms with E-state index in [2.05, 4.69) is 15.4 Å². The van der Waals surface area contributed by atoms with Crippen molar-refractivity contribution in [1.29, 1.82) is 0 Å². The molecule has 0 aromatic heterocycles. The molecule has 0 radical (unpaired) electrons. The summed E-state index contributed by atoms with van der Waals surface area (Å²) in [7, 11) is 0. The lowest BCUT2D eigenvalue weighted by Crippen LogP contribution is -2.53. The predicted molar refractivity (Wildman–Crippen MR) is 130 cm³/mol. The molecule has 2 atom stereocenters. The van der Waals surface area contributed by atoms with Crippen LogP contribution in [0.5, 0.6) is 5.75 Å². The molecule has 4 N–H and O–H groups in total. The molecule has 40 heavy (non-hydrogen) atoms. The molecule has 0 aliphatic heterocycles. The van der Waals surface area contributed by atoms with Gasteiger partial charge in [0.15, 0.2) is 23.2 Å². The van der Waals surface area contributed by atoms with Crippen molar-refractivity contribution in [2.24, 2.45) is 0 Å². The fraction of sp³-hybridized carbons (Fsp3) is 0.346. The van der Waals surface area contributed by atoms with Gasteiger partial charge in [-0.25, -0.2) is 8.78 Å². The topological polar surface area (TPSA) is 151 Å². The Morgan fingerprint density at radius 1 is 0.950 bits per heavy atom. The van der Waals surface area contributed by atoms with Crippen LogP contribution in [0.25, 0.3) is 0 Å². The van der Waals surface area contributed by atoms with Crippen molar-refractivity contribution in [2.45, 2.75) is 51.1 Å². The van der Waals surface area contributed by atoms with E-state index >= 15 is 0 Å². The lowest BCUT2D eigenvalue weighted by molar-refractivity contribution is -0.141. The summed E-state index contributed by atoms with van der Waals surface area (Å²) in [4.78, 5) is 61.0. The number of benzene rings is 2. The van der Waals surface area contributed by atoms with Crippen molar-refractivity contribution < 1.29 is 51.4 Å². The Morgan fingerprint density at radius 3 is 2.25 bits per heavy atom. The molecular formula is C26H25F4N3O7. The van der Waals surface area contributed by atoms with Crippen LogP contribution in [-0.2, 0) is 36.8 Å². The van der Waals surface area contributed by atoms with Gasteiger partial charge in [0.1, 0.15) is 18.7 Å². The molecule has 0 fully saturated rings. The quantitative estimate of drug-likeness (QED) is 0.195. The Labute approximate surface area is 225 Å². The van der Waals surface area contributed by atoms with Crippen LogP contribution in [0.3, 0.4) is 0 Å². The molecule has 0 unspecified atom stereocenters. The van der Waals surface area contributed by atoms with E-state index in [0.29, 0.717) is 5.69 Å². The third-order valence-corrected chi connectivity index (χ3v) is 6.11. The Morgan fingerprint density at radius 2 is 1.60 bits per heavy atom. The van der Waals surface area contributed by atoms with E-state index in [1.165, 1.54) is 0 Å². The first-order chi connectivity index (χ1) is 18.9. The standard InChI is InChI=1S/C26H25F4N3O7/c1-12(31-25(38)26(39)32-17-8-4-6-13-5-2-3-7-14(13)17)24(37)33-18(10-20(35)36)19(34)11-40-23-21(29)15(27)9-16(28)22(23)30/h4,6,8-9,12,18H,2-3,5,7,10-11H2,1H3,(H,31,38)(H,32,39)(H,33,37)(H,35,36)/t12-,18-/m0/s1. The molecule has 2 aromatic carbocycles. The zero-order chi connectivity index (χ0) is 29.6. The van der Waals surface area contributed by atoms with Crippen molar-refractivity contribution in [3.8, 4) is 5.75 Å². The number of amides is 3. The number of hydrogen-bond donors (Lipinski definition) is 4. The van der Waals surface area contributed by atoms with Crippen LogP contribution in [0.1, 0.15) is 37.3 Å². The number of nitrogens with one attached hydrogen (secondary N) is 3. The zero-order valence-electron chi connectivity index (χ0n) is 21.1. The molecule has 14 heteroatoms. The van der Waals surface area contributed by atoms with Crippen molar-refractivity contribution in [3.63, 3.8) is 0 Å². The summed E-state index contributed by atoms with van der Waals surface area (Å²) in [6, 6.07) is 1.99. The highest BCUT2D eigenvalue weighted by Gasteiger charge is 2.29. The third-order valence-electron chi connectivity index (χ3n) is 6.11. The Balaban J connectivity index is 1.61. The van der Waals surface area contributed by atoms with Crippen LogP contribution in [0.2, 0.25) is 0 Å². The van der Waals surface area contributed by atoms with Crippen LogP contribution in [0.15, 0.2) is 24.3 Å². The number of aliphatic carboxylic acids is 1. The number of aryl methyl sites for hydroxylation is 1. The first-order valence-electron chi connectivity index (χ1n) is 12.1. The number of carbonyl (C=O) groups excluding carboxylic acids is 4. The molecule has 0 bridgehead atoms. The van der Waals surface area contributed by atoms with E-state index in [0.717, 1.165) is 43.7 Å². The monoisotopic (exact) mass is 567 g/mol. The second kappa shape index (κ2) is 13.0. The van der Waals surface area contributed by atoms with Gasteiger partial charge in [0.25, 0.3) is 0 Å². The second-order valence-corrected chi connectivity index (χ2v) is 9.01. The van der Waals surface area contributed by atoms with Gasteiger partial charge in [-0.2, -0.15) is 8.78 Å². The second-order valence-electron chi connectivity index (χ2n) is 9.01. The first kappa shape index (κ1) is 30.1. The van der Waals surface area contributed by atoms with E-state index < -0.39 is 83.6 Å². The Bertz CT molecular complexity index is 1330. The van der Waals surface area contributed by atoms with Crippen molar-refractivity contribution in [2.75, 3.05) is 11.9 Å². The number of anilines is 1. The molecule has 0 saturated heterocycles. The number of carboxylic acids is 1. The molecule has 0 saturated carbocycles. The summed E-state index contributed by atoms with van der Waals surface area (Å²) in [5.41, 5.74) is 2.44. The minimum atomic E-state index is -1.92. The number of carbonyl (C=O) groups is 5. The van der Waals surface area contributed by atoms with Gasteiger partial charge in [-0.15, -0.1) is 0 Å². The fourth-order valence-corrected chi connectivity index (χ4v) is 4.04. The molecular weight excluding hydrogens is 542 g/mol. The highest BCUT2D eigenvalue weighted by Crippen LogP contribution is 2.28. The summed E-state index contributed by atoms with van der Waals surface area (Å²) in [5, 5.41) is 15.8. The van der Waals surface area contributed by atoms with Crippen molar-refractivity contribution in [3.05, 3.63) is 58.7 Å². The van der Waals surface area contributed by atoms with Crippen LogP contribution >= 0.6 is 0 Å². The van der Waals surface area contributed by atoms with Crippen LogP contribution in [-0.4, -0.2) is 53.3 Å². The van der Waals surface area contributed by atoms with Crippen LogP contribution in [0.4, 0.5) is 23.2 Å². The summed E-state index contributed by atoms with van der Waals surface area (Å²) in [6.45, 7) is -0.108. The average molecular weight is 567 g/mol. The highest BCUT2D eigenvalue weighted by molar-refractivity contribution is 6.40. The van der Waals surface area contributed by atoms with Crippen LogP contribution in [0, 0.1) is 23.3 Å². The van der Waals surface area contributed by atoms with Gasteiger partial charge in [-0.05, 0) is 49.8 Å². The summed E-state index contributed by atoms with van der Waals surface area (Å²) in [5.74, 6) is -15.1. The molecule has 0 heterocycles. The largest absolute Gasteiger partial charge is 0.481 e. The maximum atomic E-state index is 13.8. The summed E-state index contributed by atoms with van der Waals surface area (Å²) >= 11 is 0. The van der Waals surface area contributed by atoms with E-state index in [-0.39, 0.29) is 6.07 Å². The maximum absolute atomic E-state index is 13.8. The smallest absolute Gasteiger partial charge is 0.313 e. The van der Waals surface area contributed by atoms with Crippen molar-refractivity contribution in [1.82, 2.24) is 10.6 Å². The summed E-state index contributed by atoms with van der Waals surface area (Å²) < 4.78 is 58.8. The first-order valence-corrected chi connectivity index (χ1v) is 12.1. The van der Waals surface area contributed by atoms with E-state index in [1.54, 1.807) is 12.1 Å². The fourth-order valence-electron chi connectivity index (χ4n) is 4.04. The third kappa shape index (κ3) is 7.33. The predicted octanol–water partition coefficient (Wildman–Crippen LogP) is 2.17. The number of rotatable bonds is 10. The number of fused-ring (bicyclic) bond motifs is 1. The number of halogens is 4. The highest BCUT2D eigenvalue weighted by atomic mass is 19.2. The lowest BCUT2D eigenvalue weighted by atomic mass is 9.90. The number of ketones is 1. The molecule has 3 rings (SSSR count). The number of carboxylic acid groups (broad SMARTS) is 1. The van der Waals surface area contributed by atoms with Crippen molar-refractivity contribution >= 4 is 35.2 Å². The lowest BCUT2D eigenvalue weighted by Gasteiger charge is -2.21. The van der Waals surface area contributed by atoms with Crippen LogP contribution < -0.4 is 20.7 Å². The molecule has 3 amide bonds. The molecule has 2 aromatic rings. The molecule has 214 valence electrons. The van der Waals surface area contributed by atoms with Gasteiger partial charge in [0.05, 0.1) is 6.42 Å². The Hall–Kier alpha value is -4.49. The van der Waals surface area contributed by atoms with Gasteiger partial charge >= 0.3 is 17.8 Å². The molecule has 1 aliphatic carbocycles.